The van der Waals surface area contributed by atoms with Crippen LogP contribution in [0.25, 0.3) is 0 Å². The zero-order chi connectivity index (χ0) is 27.7. The standard InChI is InChI=1S/C32H26O7Se/c33-29(22-13-5-1-6-14-22)36-21-26-27(38-30(34)23-15-7-2-8-16-23)28(39-31(35)24-17-9-3-10-18-24)32(37-26)40-25-19-11-4-12-20-25/h1-20,26-28,32H,21H2/t26-,27-,28-,32+/m1/s1. The van der Waals surface area contributed by atoms with Gasteiger partial charge >= 0.3 is 239 Å². The van der Waals surface area contributed by atoms with Gasteiger partial charge in [-0.15, -0.1) is 0 Å². The summed E-state index contributed by atoms with van der Waals surface area (Å²) in [5.41, 5.74) is 1.09. The molecule has 0 aliphatic carbocycles. The molecule has 0 unspecified atom stereocenters. The van der Waals surface area contributed by atoms with Crippen LogP contribution in [0.2, 0.25) is 0 Å². The summed E-state index contributed by atoms with van der Waals surface area (Å²) in [6.07, 6.45) is -2.80. The molecule has 7 nitrogen and oxygen atoms in total. The predicted molar refractivity (Wildman–Crippen MR) is 149 cm³/mol. The molecule has 4 aromatic rings. The van der Waals surface area contributed by atoms with Crippen LogP contribution in [0.15, 0.2) is 121 Å². The molecule has 0 aromatic heterocycles. The summed E-state index contributed by atoms with van der Waals surface area (Å²) < 4.78 is 24.9. The molecule has 1 fully saturated rings. The van der Waals surface area contributed by atoms with Crippen molar-refractivity contribution in [1.82, 2.24) is 0 Å². The third-order valence-electron chi connectivity index (χ3n) is 6.16. The van der Waals surface area contributed by atoms with Crippen LogP contribution in [0.1, 0.15) is 31.1 Å². The summed E-state index contributed by atoms with van der Waals surface area (Å²) in [4.78, 5) is 39.0. The third-order valence-corrected chi connectivity index (χ3v) is 8.58. The van der Waals surface area contributed by atoms with Gasteiger partial charge in [-0.1, -0.05) is 0 Å². The van der Waals surface area contributed by atoms with E-state index in [0.29, 0.717) is 16.7 Å². The normalized spacial score (nSPS) is 19.9. The van der Waals surface area contributed by atoms with Crippen LogP contribution in [0, 0.1) is 0 Å². The van der Waals surface area contributed by atoms with Crippen LogP contribution in [0.4, 0.5) is 0 Å². The van der Waals surface area contributed by atoms with Gasteiger partial charge in [-0.05, 0) is 0 Å². The molecule has 5 rings (SSSR count). The number of ether oxygens (including phenoxy) is 4. The van der Waals surface area contributed by atoms with Crippen molar-refractivity contribution in [1.29, 1.82) is 0 Å². The monoisotopic (exact) mass is 602 g/mol. The molecule has 8 heteroatoms. The first-order chi connectivity index (χ1) is 19.6. The number of carbonyl (C=O) groups excluding carboxylic acids is 3. The summed E-state index contributed by atoms with van der Waals surface area (Å²) >= 11 is -0.321. The Morgan fingerprint density at radius 3 is 1.50 bits per heavy atom. The van der Waals surface area contributed by atoms with Gasteiger partial charge in [0.25, 0.3) is 0 Å². The first-order valence-corrected chi connectivity index (χ1v) is 14.5. The van der Waals surface area contributed by atoms with E-state index < -0.39 is 41.2 Å². The maximum absolute atomic E-state index is 13.2. The Balaban J connectivity index is 1.43. The van der Waals surface area contributed by atoms with E-state index in [1.165, 1.54) is 0 Å². The molecular weight excluding hydrogens is 575 g/mol. The van der Waals surface area contributed by atoms with E-state index in [1.54, 1.807) is 91.0 Å². The molecular formula is C32H26O7Se. The third kappa shape index (κ3) is 6.85. The van der Waals surface area contributed by atoms with E-state index in [0.717, 1.165) is 4.46 Å². The fourth-order valence-electron chi connectivity index (χ4n) is 4.17. The van der Waals surface area contributed by atoms with Gasteiger partial charge in [0, 0.05) is 0 Å². The fraction of sp³-hybridized carbons (Fsp3) is 0.156. The van der Waals surface area contributed by atoms with Crippen LogP contribution in [0.5, 0.6) is 0 Å². The number of benzene rings is 4. The van der Waals surface area contributed by atoms with Crippen molar-refractivity contribution in [3.05, 3.63) is 138 Å². The van der Waals surface area contributed by atoms with Crippen LogP contribution < -0.4 is 4.46 Å². The van der Waals surface area contributed by atoms with E-state index >= 15 is 0 Å². The average molecular weight is 602 g/mol. The molecule has 0 radical (unpaired) electrons. The van der Waals surface area contributed by atoms with Crippen LogP contribution in [-0.2, 0) is 18.9 Å². The predicted octanol–water partition coefficient (Wildman–Crippen LogP) is 4.05. The van der Waals surface area contributed by atoms with E-state index in [9.17, 15) is 14.4 Å². The minimum absolute atomic E-state index is 0.193. The Morgan fingerprint density at radius 2 is 1.00 bits per heavy atom. The summed E-state index contributed by atoms with van der Waals surface area (Å²) in [5.74, 6) is -1.69. The molecule has 4 atom stereocenters. The molecule has 0 saturated carbocycles. The zero-order valence-electron chi connectivity index (χ0n) is 21.3. The second-order valence-electron chi connectivity index (χ2n) is 8.91. The van der Waals surface area contributed by atoms with Gasteiger partial charge in [0.05, 0.1) is 0 Å². The quantitative estimate of drug-likeness (QED) is 0.163. The SMILES string of the molecule is O=C(OC[C@H]1O[C@@H]([Se]c2ccccc2)[C@H](OC(=O)c2ccccc2)[C@@H]1OC(=O)c1ccccc1)c1ccccc1. The van der Waals surface area contributed by atoms with Gasteiger partial charge in [-0.2, -0.15) is 0 Å². The molecule has 0 bridgehead atoms. The van der Waals surface area contributed by atoms with Crippen molar-refractivity contribution < 1.29 is 33.3 Å². The van der Waals surface area contributed by atoms with Gasteiger partial charge in [-0.3, -0.25) is 0 Å². The first-order valence-electron chi connectivity index (χ1n) is 12.7. The number of esters is 3. The van der Waals surface area contributed by atoms with Gasteiger partial charge in [0.2, 0.25) is 0 Å². The summed E-state index contributed by atoms with van der Waals surface area (Å²) in [7, 11) is 0. The van der Waals surface area contributed by atoms with Crippen molar-refractivity contribution in [3.63, 3.8) is 0 Å². The van der Waals surface area contributed by atoms with Crippen molar-refractivity contribution in [2.45, 2.75) is 23.3 Å². The Bertz CT molecular complexity index is 1420. The number of rotatable bonds is 9. The van der Waals surface area contributed by atoms with Gasteiger partial charge < -0.3 is 0 Å². The van der Waals surface area contributed by atoms with Crippen molar-refractivity contribution in [3.8, 4) is 0 Å². The average Bonchev–Trinajstić information content (AvgIpc) is 3.32. The fourth-order valence-corrected chi connectivity index (χ4v) is 6.53. The molecule has 202 valence electrons. The molecule has 1 aliphatic heterocycles. The molecule has 1 saturated heterocycles. The summed E-state index contributed by atoms with van der Waals surface area (Å²) in [6, 6.07) is 35.4. The van der Waals surface area contributed by atoms with E-state index in [2.05, 4.69) is 0 Å². The molecule has 40 heavy (non-hydrogen) atoms. The molecule has 0 N–H and O–H groups in total. The first kappa shape index (κ1) is 27.3. The van der Waals surface area contributed by atoms with Crippen LogP contribution >= 0.6 is 0 Å². The van der Waals surface area contributed by atoms with E-state index in [1.807, 2.05) is 30.3 Å². The Kier molecular flexibility index (Phi) is 9.03. The summed E-state index contributed by atoms with van der Waals surface area (Å²) in [5, 5.41) is -0.600. The number of hydrogen-bond acceptors (Lipinski definition) is 7. The second-order valence-corrected chi connectivity index (χ2v) is 11.4. The molecule has 4 aromatic carbocycles. The number of hydrogen-bond donors (Lipinski definition) is 0. The van der Waals surface area contributed by atoms with E-state index in [4.69, 9.17) is 18.9 Å². The van der Waals surface area contributed by atoms with Gasteiger partial charge in [0.15, 0.2) is 0 Å². The second kappa shape index (κ2) is 13.2. The van der Waals surface area contributed by atoms with Crippen molar-refractivity contribution >= 4 is 37.3 Å². The zero-order valence-corrected chi connectivity index (χ0v) is 23.0. The Morgan fingerprint density at radius 1 is 0.575 bits per heavy atom. The molecule has 0 amide bonds. The van der Waals surface area contributed by atoms with Crippen LogP contribution in [0.3, 0.4) is 0 Å². The Labute approximate surface area is 238 Å². The molecule has 1 aliphatic rings. The van der Waals surface area contributed by atoms with Crippen molar-refractivity contribution in [2.75, 3.05) is 6.61 Å². The van der Waals surface area contributed by atoms with Crippen LogP contribution in [-0.4, -0.2) is 62.8 Å². The topological polar surface area (TPSA) is 88.1 Å². The summed E-state index contributed by atoms with van der Waals surface area (Å²) in [6.45, 7) is -0.193. The van der Waals surface area contributed by atoms with Gasteiger partial charge in [-0.25, -0.2) is 0 Å². The van der Waals surface area contributed by atoms with Crippen molar-refractivity contribution in [2.24, 2.45) is 0 Å². The Hall–Kier alpha value is -4.23. The number of carbonyl (C=O) groups is 3. The minimum atomic E-state index is -1.01. The molecule has 0 spiro atoms. The molecule has 1 heterocycles. The van der Waals surface area contributed by atoms with Gasteiger partial charge in [0.1, 0.15) is 0 Å². The van der Waals surface area contributed by atoms with E-state index in [-0.39, 0.29) is 21.6 Å². The maximum atomic E-state index is 13.2.